The number of rotatable bonds is 6. The summed E-state index contributed by atoms with van der Waals surface area (Å²) in [5, 5.41) is 12.6. The summed E-state index contributed by atoms with van der Waals surface area (Å²) in [5.41, 5.74) is -1.83. The van der Waals surface area contributed by atoms with E-state index in [0.29, 0.717) is 18.4 Å². The average molecular weight is 480 g/mol. The lowest BCUT2D eigenvalue weighted by atomic mass is 9.42. The van der Waals surface area contributed by atoms with Gasteiger partial charge in [-0.3, -0.25) is 4.90 Å². The van der Waals surface area contributed by atoms with Crippen LogP contribution >= 0.6 is 0 Å². The van der Waals surface area contributed by atoms with E-state index in [0.717, 1.165) is 38.8 Å². The predicted octanol–water partition coefficient (Wildman–Crippen LogP) is 1.29. The monoisotopic (exact) mass is 479 g/mol. The zero-order chi connectivity index (χ0) is 23.7. The van der Waals surface area contributed by atoms with Gasteiger partial charge in [-0.2, -0.15) is 0 Å². The third-order valence-electron chi connectivity index (χ3n) is 12.0. The Morgan fingerprint density at radius 3 is 2.59 bits per heavy atom. The van der Waals surface area contributed by atoms with E-state index in [1.165, 1.54) is 0 Å². The number of piperidine rings is 1. The van der Waals surface area contributed by atoms with E-state index < -0.39 is 17.3 Å². The van der Waals surface area contributed by atoms with E-state index >= 15 is 0 Å². The third kappa shape index (κ3) is 2.05. The van der Waals surface area contributed by atoms with Crippen LogP contribution in [0.5, 0.6) is 0 Å². The molecule has 5 saturated carbocycles. The van der Waals surface area contributed by atoms with Gasteiger partial charge in [0, 0.05) is 70.0 Å². The Balaban J connectivity index is 1.55. The van der Waals surface area contributed by atoms with Crippen LogP contribution in [-0.4, -0.2) is 107 Å². The van der Waals surface area contributed by atoms with Crippen LogP contribution in [0.2, 0.25) is 0 Å². The molecule has 2 aliphatic heterocycles. The quantitative estimate of drug-likeness (QED) is 0.611. The first-order chi connectivity index (χ1) is 16.5. The Kier molecular flexibility index (Phi) is 4.81. The highest BCUT2D eigenvalue weighted by Crippen LogP contribution is 2.82. The van der Waals surface area contributed by atoms with Gasteiger partial charge in [0.05, 0.1) is 37.1 Å². The number of likely N-dealkylation sites (tertiary alicyclic amines) is 1. The summed E-state index contributed by atoms with van der Waals surface area (Å²) in [4.78, 5) is 2.61. The molecule has 0 aromatic heterocycles. The molecule has 5 aliphatic carbocycles. The third-order valence-corrected chi connectivity index (χ3v) is 12.0. The Labute approximate surface area is 202 Å². The van der Waals surface area contributed by atoms with Gasteiger partial charge >= 0.3 is 0 Å². The fourth-order valence-corrected chi connectivity index (χ4v) is 11.7. The SMILES string of the molecule is CCN1C[C@]2(COC)CC[C@H](OC)[C@]34[C@@H]5C[C@H]6[C@H](OC)[C@@H]5[C@@]5(C[C@@H]6OC)OCO[C@@]5([C@@H](O)[C@H]23)[C@@H]14. The van der Waals surface area contributed by atoms with E-state index in [2.05, 4.69) is 11.8 Å². The van der Waals surface area contributed by atoms with Crippen molar-refractivity contribution >= 4 is 0 Å². The second kappa shape index (κ2) is 7.16. The highest BCUT2D eigenvalue weighted by Gasteiger charge is 2.93. The van der Waals surface area contributed by atoms with Crippen molar-refractivity contribution in [1.29, 1.82) is 0 Å². The molecule has 0 radical (unpaired) electrons. The summed E-state index contributed by atoms with van der Waals surface area (Å²) in [6.45, 7) is 4.93. The highest BCUT2D eigenvalue weighted by atomic mass is 16.7. The van der Waals surface area contributed by atoms with Crippen LogP contribution in [0.1, 0.15) is 32.6 Å². The number of hydrogen-bond acceptors (Lipinski definition) is 8. The van der Waals surface area contributed by atoms with Gasteiger partial charge in [0.25, 0.3) is 0 Å². The van der Waals surface area contributed by atoms with E-state index in [-0.39, 0.29) is 53.8 Å². The molecular weight excluding hydrogens is 438 g/mol. The van der Waals surface area contributed by atoms with Gasteiger partial charge in [-0.25, -0.2) is 0 Å². The predicted molar refractivity (Wildman–Crippen MR) is 121 cm³/mol. The lowest BCUT2D eigenvalue weighted by Gasteiger charge is -2.70. The molecular formula is C26H41NO7. The number of aliphatic hydroxyl groups excluding tert-OH is 1. The molecule has 2 heterocycles. The lowest BCUT2D eigenvalue weighted by Crippen LogP contribution is -2.81. The summed E-state index contributed by atoms with van der Waals surface area (Å²) >= 11 is 0. The van der Waals surface area contributed by atoms with Crippen LogP contribution in [0.15, 0.2) is 0 Å². The zero-order valence-corrected chi connectivity index (χ0v) is 21.2. The van der Waals surface area contributed by atoms with Crippen molar-refractivity contribution in [2.75, 3.05) is 54.9 Å². The van der Waals surface area contributed by atoms with Crippen LogP contribution < -0.4 is 0 Å². The van der Waals surface area contributed by atoms with Gasteiger partial charge in [-0.15, -0.1) is 0 Å². The zero-order valence-electron chi connectivity index (χ0n) is 21.2. The van der Waals surface area contributed by atoms with Gasteiger partial charge in [-0.1, -0.05) is 6.92 Å². The maximum Gasteiger partial charge on any atom is 0.148 e. The Hall–Kier alpha value is -0.320. The molecule has 0 unspecified atom stereocenters. The van der Waals surface area contributed by atoms with Crippen molar-refractivity contribution in [3.63, 3.8) is 0 Å². The number of likely N-dealkylation sites (N-methyl/N-ethyl adjacent to an activating group) is 1. The van der Waals surface area contributed by atoms with Crippen LogP contribution in [0, 0.1) is 34.5 Å². The molecule has 1 N–H and O–H groups in total. The Morgan fingerprint density at radius 2 is 1.91 bits per heavy atom. The minimum Gasteiger partial charge on any atom is -0.390 e. The molecule has 3 spiro atoms. The second-order valence-electron chi connectivity index (χ2n) is 12.2. The normalized spacial score (nSPS) is 61.1. The maximum absolute atomic E-state index is 12.6. The standard InChI is InChI=1S/C26H41NO7/c1-6-27-11-23(12-29-2)8-7-17(31-4)25-15-9-14-16(30-3)10-24(18(15)19(14)32-5)26(22(25)27,34-13-33-24)21(28)20(23)25/h14-22,28H,6-13H2,1-5H3/t14-,15-,16+,17+,18-,19+,20-,21+,22+,23+,24-,25-,26+/m1/s1. The van der Waals surface area contributed by atoms with Crippen LogP contribution in [0.3, 0.4) is 0 Å². The number of ether oxygens (including phenoxy) is 6. The number of methoxy groups -OCH3 is 4. The molecule has 7 fully saturated rings. The first-order valence-corrected chi connectivity index (χ1v) is 13.2. The molecule has 2 saturated heterocycles. The molecule has 34 heavy (non-hydrogen) atoms. The Bertz CT molecular complexity index is 859. The minimum absolute atomic E-state index is 0.0240. The van der Waals surface area contributed by atoms with Gasteiger partial charge < -0.3 is 33.5 Å². The van der Waals surface area contributed by atoms with Crippen LogP contribution in [0.4, 0.5) is 0 Å². The summed E-state index contributed by atoms with van der Waals surface area (Å²) in [6, 6.07) is 0.0378. The molecule has 13 atom stereocenters. The fourth-order valence-electron chi connectivity index (χ4n) is 11.7. The van der Waals surface area contributed by atoms with E-state index in [4.69, 9.17) is 28.4 Å². The summed E-state index contributed by atoms with van der Waals surface area (Å²) in [6.07, 6.45) is 3.20. The summed E-state index contributed by atoms with van der Waals surface area (Å²) in [7, 11) is 7.32. The second-order valence-corrected chi connectivity index (χ2v) is 12.2. The van der Waals surface area contributed by atoms with Gasteiger partial charge in [0.1, 0.15) is 18.0 Å². The molecule has 192 valence electrons. The average Bonchev–Trinajstić information content (AvgIpc) is 3.42. The van der Waals surface area contributed by atoms with Gasteiger partial charge in [-0.05, 0) is 31.7 Å². The largest absolute Gasteiger partial charge is 0.390 e. The van der Waals surface area contributed by atoms with Crippen molar-refractivity contribution in [3.05, 3.63) is 0 Å². The van der Waals surface area contributed by atoms with Crippen LogP contribution in [-0.2, 0) is 28.4 Å². The highest BCUT2D eigenvalue weighted by molar-refractivity contribution is 5.42. The first-order valence-electron chi connectivity index (χ1n) is 13.2. The molecule has 0 aromatic rings. The summed E-state index contributed by atoms with van der Waals surface area (Å²) < 4.78 is 38.3. The molecule has 8 heteroatoms. The molecule has 7 bridgehead atoms. The van der Waals surface area contributed by atoms with Crippen molar-refractivity contribution in [2.24, 2.45) is 34.5 Å². The van der Waals surface area contributed by atoms with Crippen LogP contribution in [0.25, 0.3) is 0 Å². The number of nitrogens with zero attached hydrogens (tertiary/aromatic N) is 1. The van der Waals surface area contributed by atoms with Gasteiger partial charge in [0.2, 0.25) is 0 Å². The van der Waals surface area contributed by atoms with Gasteiger partial charge in [0.15, 0.2) is 0 Å². The molecule has 7 aliphatic rings. The summed E-state index contributed by atoms with van der Waals surface area (Å²) in [5.74, 6) is 0.813. The van der Waals surface area contributed by atoms with E-state index in [1.54, 1.807) is 7.11 Å². The smallest absolute Gasteiger partial charge is 0.148 e. The number of aliphatic hydroxyl groups is 1. The van der Waals surface area contributed by atoms with Crippen molar-refractivity contribution in [2.45, 2.75) is 74.3 Å². The first kappa shape index (κ1) is 22.8. The molecule has 8 nitrogen and oxygen atoms in total. The number of hydrogen-bond donors (Lipinski definition) is 1. The van der Waals surface area contributed by atoms with Crippen molar-refractivity contribution in [3.8, 4) is 0 Å². The lowest BCUT2D eigenvalue weighted by molar-refractivity contribution is -0.287. The maximum atomic E-state index is 12.6. The van der Waals surface area contributed by atoms with Crippen molar-refractivity contribution in [1.82, 2.24) is 4.90 Å². The topological polar surface area (TPSA) is 78.9 Å². The molecule has 7 rings (SSSR count). The number of fused-ring (bicyclic) bond motifs is 1. The van der Waals surface area contributed by atoms with Crippen molar-refractivity contribution < 1.29 is 33.5 Å². The minimum atomic E-state index is -0.825. The molecule has 0 aromatic carbocycles. The fraction of sp³-hybridized carbons (Fsp3) is 1.00. The van der Waals surface area contributed by atoms with E-state index in [9.17, 15) is 5.11 Å². The molecule has 0 amide bonds. The van der Waals surface area contributed by atoms with E-state index in [1.807, 2.05) is 21.3 Å². The Morgan fingerprint density at radius 1 is 1.09 bits per heavy atom.